The number of rotatable bonds is 4. The summed E-state index contributed by atoms with van der Waals surface area (Å²) in [6, 6.07) is 15.7. The van der Waals surface area contributed by atoms with Gasteiger partial charge in [0.05, 0.1) is 18.2 Å². The lowest BCUT2D eigenvalue weighted by Gasteiger charge is -2.62. The minimum Gasteiger partial charge on any atom is -0.478 e. The number of carboxylic acid groups (broad SMARTS) is 1. The largest absolute Gasteiger partial charge is 0.478 e. The molecular weight excluding hydrogens is 364 g/mol. The fraction of sp³-hybridized carbons (Fsp3) is 0.440. The van der Waals surface area contributed by atoms with Crippen LogP contribution in [-0.2, 0) is 15.6 Å². The molecule has 150 valence electrons. The Bertz CT molecular complexity index is 943. The van der Waals surface area contributed by atoms with Crippen LogP contribution in [0.3, 0.4) is 0 Å². The summed E-state index contributed by atoms with van der Waals surface area (Å²) in [4.78, 5) is 23.1. The predicted octanol–water partition coefficient (Wildman–Crippen LogP) is 4.96. The highest BCUT2D eigenvalue weighted by molar-refractivity contribution is 5.89. The average Bonchev–Trinajstić information content (AvgIpc) is 2.72. The zero-order valence-electron chi connectivity index (χ0n) is 16.7. The van der Waals surface area contributed by atoms with E-state index in [-0.39, 0.29) is 16.8 Å². The van der Waals surface area contributed by atoms with Gasteiger partial charge in [-0.05, 0) is 96.6 Å². The molecule has 0 amide bonds. The summed E-state index contributed by atoms with van der Waals surface area (Å²) in [5, 5.41) is 9.25. The minimum atomic E-state index is -0.871. The van der Waals surface area contributed by atoms with Gasteiger partial charge in [-0.3, -0.25) is 0 Å². The van der Waals surface area contributed by atoms with Crippen molar-refractivity contribution in [3.63, 3.8) is 0 Å². The van der Waals surface area contributed by atoms with Crippen molar-refractivity contribution >= 4 is 11.9 Å². The molecule has 1 N–H and O–H groups in total. The van der Waals surface area contributed by atoms with Crippen molar-refractivity contribution in [3.8, 4) is 0 Å². The van der Waals surface area contributed by atoms with Gasteiger partial charge in [0.1, 0.15) is 0 Å². The third-order valence-corrected chi connectivity index (χ3v) is 7.72. The predicted molar refractivity (Wildman–Crippen MR) is 109 cm³/mol. The van der Waals surface area contributed by atoms with Gasteiger partial charge in [-0.15, -0.1) is 0 Å². The molecule has 0 heterocycles. The second-order valence-corrected chi connectivity index (χ2v) is 9.47. The molecule has 4 nitrogen and oxygen atoms in total. The number of carbonyl (C=O) groups is 2. The number of benzene rings is 2. The highest BCUT2D eigenvalue weighted by Gasteiger charge is 2.58. The molecule has 0 aromatic heterocycles. The summed E-state index contributed by atoms with van der Waals surface area (Å²) >= 11 is 0. The molecule has 4 aliphatic carbocycles. The first-order chi connectivity index (χ1) is 13.9. The van der Waals surface area contributed by atoms with Crippen LogP contribution in [0.2, 0.25) is 0 Å². The zero-order valence-corrected chi connectivity index (χ0v) is 16.7. The van der Waals surface area contributed by atoms with Crippen LogP contribution >= 0.6 is 0 Å². The Morgan fingerprint density at radius 2 is 1.28 bits per heavy atom. The van der Waals surface area contributed by atoms with Gasteiger partial charge in [0, 0.05) is 0 Å². The molecule has 0 aliphatic heterocycles. The summed E-state index contributed by atoms with van der Waals surface area (Å²) in [6.07, 6.45) is 7.27. The lowest BCUT2D eigenvalue weighted by Crippen LogP contribution is -2.55. The summed E-state index contributed by atoms with van der Waals surface area (Å²) in [5.41, 5.74) is 3.89. The van der Waals surface area contributed by atoms with E-state index in [2.05, 4.69) is 12.1 Å². The first kappa shape index (κ1) is 18.4. The molecular formula is C25H26O4. The number of carboxylic acids is 1. The van der Waals surface area contributed by atoms with Crippen LogP contribution in [0.5, 0.6) is 0 Å². The van der Waals surface area contributed by atoms with E-state index >= 15 is 0 Å². The number of hydrogen-bond acceptors (Lipinski definition) is 3. The second-order valence-electron chi connectivity index (χ2n) is 9.47. The van der Waals surface area contributed by atoms with Crippen molar-refractivity contribution in [1.82, 2.24) is 0 Å². The molecule has 0 spiro atoms. The van der Waals surface area contributed by atoms with Crippen LogP contribution in [0.1, 0.15) is 70.4 Å². The smallest absolute Gasteiger partial charge is 0.337 e. The molecule has 2 unspecified atom stereocenters. The molecule has 2 aromatic carbocycles. The number of hydrogen-bond donors (Lipinski definition) is 1. The van der Waals surface area contributed by atoms with Gasteiger partial charge < -0.3 is 9.84 Å². The van der Waals surface area contributed by atoms with E-state index in [1.165, 1.54) is 50.3 Å². The van der Waals surface area contributed by atoms with Crippen molar-refractivity contribution in [2.75, 3.05) is 7.11 Å². The molecule has 2 aromatic rings. The number of aromatic carboxylic acids is 1. The van der Waals surface area contributed by atoms with Crippen LogP contribution in [0.15, 0.2) is 48.5 Å². The van der Waals surface area contributed by atoms with E-state index in [9.17, 15) is 14.7 Å². The third-order valence-electron chi connectivity index (χ3n) is 7.72. The molecule has 0 saturated heterocycles. The lowest BCUT2D eigenvalue weighted by molar-refractivity contribution is -0.0281. The second kappa shape index (κ2) is 6.45. The van der Waals surface area contributed by atoms with E-state index in [0.717, 1.165) is 18.3 Å². The maximum Gasteiger partial charge on any atom is 0.337 e. The average molecular weight is 390 g/mol. The fourth-order valence-corrected chi connectivity index (χ4v) is 6.98. The minimum absolute atomic E-state index is 0.141. The van der Waals surface area contributed by atoms with Gasteiger partial charge in [0.2, 0.25) is 0 Å². The van der Waals surface area contributed by atoms with Gasteiger partial charge in [-0.25, -0.2) is 9.59 Å². The quantitative estimate of drug-likeness (QED) is 0.750. The van der Waals surface area contributed by atoms with Crippen LogP contribution in [0.4, 0.5) is 0 Å². The van der Waals surface area contributed by atoms with Crippen molar-refractivity contribution in [2.45, 2.75) is 49.4 Å². The van der Waals surface area contributed by atoms with Crippen LogP contribution in [0.25, 0.3) is 0 Å². The molecule has 0 radical (unpaired) electrons. The summed E-state index contributed by atoms with van der Waals surface area (Å²) in [5.74, 6) is 0.271. The Morgan fingerprint density at radius 1 is 0.828 bits per heavy atom. The first-order valence-corrected chi connectivity index (χ1v) is 10.5. The Kier molecular flexibility index (Phi) is 4.09. The molecule has 4 heteroatoms. The summed E-state index contributed by atoms with van der Waals surface area (Å²) < 4.78 is 4.85. The topological polar surface area (TPSA) is 63.6 Å². The Balaban J connectivity index is 1.51. The van der Waals surface area contributed by atoms with E-state index in [0.29, 0.717) is 11.1 Å². The van der Waals surface area contributed by atoms with Crippen LogP contribution < -0.4 is 0 Å². The number of ether oxygens (including phenoxy) is 1. The highest BCUT2D eigenvalue weighted by Crippen LogP contribution is 2.66. The summed E-state index contributed by atoms with van der Waals surface area (Å²) in [6.45, 7) is 0. The number of carbonyl (C=O) groups excluding carboxylic acids is 1. The van der Waals surface area contributed by atoms with Crippen molar-refractivity contribution < 1.29 is 19.4 Å². The zero-order chi connectivity index (χ0) is 20.2. The lowest BCUT2D eigenvalue weighted by atomic mass is 9.41. The normalized spacial score (nSPS) is 32.2. The molecule has 2 atom stereocenters. The van der Waals surface area contributed by atoms with Crippen molar-refractivity contribution in [2.24, 2.45) is 11.8 Å². The molecule has 6 rings (SSSR count). The highest BCUT2D eigenvalue weighted by atomic mass is 16.5. The van der Waals surface area contributed by atoms with Crippen LogP contribution in [-0.4, -0.2) is 24.2 Å². The van der Waals surface area contributed by atoms with Crippen molar-refractivity contribution in [3.05, 3.63) is 70.8 Å². The molecule has 4 fully saturated rings. The molecule has 4 bridgehead atoms. The Hall–Kier alpha value is -2.62. The number of methoxy groups -OCH3 is 1. The van der Waals surface area contributed by atoms with Gasteiger partial charge in [0.25, 0.3) is 0 Å². The Morgan fingerprint density at radius 3 is 1.69 bits per heavy atom. The van der Waals surface area contributed by atoms with E-state index in [1.807, 2.05) is 24.3 Å². The Labute approximate surface area is 170 Å². The SMILES string of the molecule is COC(=O)c1ccc(C23CC4CC(CC(c5ccc(C(=O)O)cc5)(C4)C2)C3)cc1. The molecule has 4 aliphatic rings. The van der Waals surface area contributed by atoms with Gasteiger partial charge in [0.15, 0.2) is 0 Å². The van der Waals surface area contributed by atoms with Crippen molar-refractivity contribution in [1.29, 1.82) is 0 Å². The van der Waals surface area contributed by atoms with Gasteiger partial charge >= 0.3 is 11.9 Å². The fourth-order valence-electron chi connectivity index (χ4n) is 6.98. The summed E-state index contributed by atoms with van der Waals surface area (Å²) in [7, 11) is 1.41. The third kappa shape index (κ3) is 2.88. The van der Waals surface area contributed by atoms with E-state index in [1.54, 1.807) is 12.1 Å². The van der Waals surface area contributed by atoms with E-state index in [4.69, 9.17) is 4.74 Å². The van der Waals surface area contributed by atoms with E-state index < -0.39 is 5.97 Å². The maximum absolute atomic E-state index is 11.8. The first-order valence-electron chi connectivity index (χ1n) is 10.5. The van der Waals surface area contributed by atoms with Crippen LogP contribution in [0, 0.1) is 11.8 Å². The van der Waals surface area contributed by atoms with Gasteiger partial charge in [-0.2, -0.15) is 0 Å². The monoisotopic (exact) mass is 390 g/mol. The van der Waals surface area contributed by atoms with Gasteiger partial charge in [-0.1, -0.05) is 24.3 Å². The standard InChI is InChI=1S/C25H26O4/c1-29-23(28)19-4-8-21(9-5-19)25-13-16-10-17(14-25)12-24(11-16,15-25)20-6-2-18(3-7-20)22(26)27/h2-9,16-17H,10-15H2,1H3,(H,26,27). The molecule has 29 heavy (non-hydrogen) atoms. The number of esters is 1. The maximum atomic E-state index is 11.8. The molecule has 4 saturated carbocycles.